The number of anilines is 1. The first-order valence-electron chi connectivity index (χ1n) is 5.63. The van der Waals surface area contributed by atoms with Crippen LogP contribution in [0.4, 0.5) is 5.82 Å². The third-order valence-corrected chi connectivity index (χ3v) is 2.26. The van der Waals surface area contributed by atoms with Gasteiger partial charge in [0.2, 0.25) is 0 Å². The van der Waals surface area contributed by atoms with Gasteiger partial charge in [-0.05, 0) is 19.1 Å². The van der Waals surface area contributed by atoms with Crippen molar-refractivity contribution in [3.63, 3.8) is 0 Å². The zero-order valence-corrected chi connectivity index (χ0v) is 9.97. The van der Waals surface area contributed by atoms with Crippen LogP contribution in [-0.4, -0.2) is 32.8 Å². The zero-order valence-electron chi connectivity index (χ0n) is 9.97. The molecule has 0 spiro atoms. The maximum absolute atomic E-state index is 11.5. The highest BCUT2D eigenvalue weighted by atomic mass is 16.1. The molecule has 18 heavy (non-hydrogen) atoms. The molecule has 3 N–H and O–H groups in total. The number of hydrogen-bond donors (Lipinski definition) is 3. The molecule has 2 aromatic rings. The summed E-state index contributed by atoms with van der Waals surface area (Å²) in [6.45, 7) is 3.03. The predicted octanol–water partition coefficient (Wildman–Crippen LogP) is 0.561. The van der Waals surface area contributed by atoms with Crippen LogP contribution in [0, 0.1) is 0 Å². The molecule has 0 saturated carbocycles. The maximum atomic E-state index is 11.5. The fraction of sp³-hybridized carbons (Fsp3) is 0.273. The van der Waals surface area contributed by atoms with Crippen LogP contribution in [-0.2, 0) is 6.54 Å². The Kier molecular flexibility index (Phi) is 3.85. The Hall–Kier alpha value is -2.44. The lowest BCUT2D eigenvalue weighted by atomic mass is 10.3. The van der Waals surface area contributed by atoms with E-state index in [1.54, 1.807) is 24.5 Å². The number of amides is 1. The summed E-state index contributed by atoms with van der Waals surface area (Å²) in [6, 6.07) is 3.35. The van der Waals surface area contributed by atoms with E-state index in [2.05, 4.69) is 31.0 Å². The summed E-state index contributed by atoms with van der Waals surface area (Å²) in [4.78, 5) is 11.5. The Morgan fingerprint density at radius 2 is 2.28 bits per heavy atom. The predicted molar refractivity (Wildman–Crippen MR) is 66.0 cm³/mol. The summed E-state index contributed by atoms with van der Waals surface area (Å²) >= 11 is 0. The van der Waals surface area contributed by atoms with Crippen molar-refractivity contribution >= 4 is 11.7 Å². The van der Waals surface area contributed by atoms with E-state index in [4.69, 9.17) is 0 Å². The standard InChI is InChI=1S/C11H14N6O/c1-2-12-11(18)9-3-4-10(17-16-9)13-5-8-6-14-15-7-8/h3-4,6-7H,2,5H2,1H3,(H,12,18)(H,13,17)(H,14,15). The smallest absolute Gasteiger partial charge is 0.271 e. The van der Waals surface area contributed by atoms with Crippen LogP contribution in [0.25, 0.3) is 0 Å². The average Bonchev–Trinajstić information content (AvgIpc) is 2.90. The Labute approximate surface area is 104 Å². The second-order valence-corrected chi connectivity index (χ2v) is 3.62. The first kappa shape index (κ1) is 12.0. The van der Waals surface area contributed by atoms with Gasteiger partial charge >= 0.3 is 0 Å². The number of nitrogens with zero attached hydrogens (tertiary/aromatic N) is 3. The van der Waals surface area contributed by atoms with Gasteiger partial charge in [-0.15, -0.1) is 10.2 Å². The monoisotopic (exact) mass is 246 g/mol. The average molecular weight is 246 g/mol. The van der Waals surface area contributed by atoms with Gasteiger partial charge in [-0.1, -0.05) is 0 Å². The summed E-state index contributed by atoms with van der Waals surface area (Å²) in [7, 11) is 0. The van der Waals surface area contributed by atoms with E-state index < -0.39 is 0 Å². The number of hydrogen-bond acceptors (Lipinski definition) is 5. The second kappa shape index (κ2) is 5.76. The lowest BCUT2D eigenvalue weighted by Crippen LogP contribution is -2.24. The minimum absolute atomic E-state index is 0.216. The molecular weight excluding hydrogens is 232 g/mol. The molecular formula is C11H14N6O. The van der Waals surface area contributed by atoms with Crippen LogP contribution in [0.3, 0.4) is 0 Å². The van der Waals surface area contributed by atoms with Gasteiger partial charge < -0.3 is 10.6 Å². The van der Waals surface area contributed by atoms with Crippen LogP contribution >= 0.6 is 0 Å². The molecule has 2 aromatic heterocycles. The molecule has 1 amide bonds. The molecule has 94 valence electrons. The number of carbonyl (C=O) groups is 1. The first-order chi connectivity index (χ1) is 8.79. The van der Waals surface area contributed by atoms with Crippen LogP contribution in [0.5, 0.6) is 0 Å². The SMILES string of the molecule is CCNC(=O)c1ccc(NCc2cn[nH]c2)nn1. The van der Waals surface area contributed by atoms with Crippen molar-refractivity contribution < 1.29 is 4.79 Å². The minimum Gasteiger partial charge on any atom is -0.364 e. The van der Waals surface area contributed by atoms with Crippen molar-refractivity contribution in [2.75, 3.05) is 11.9 Å². The number of nitrogens with one attached hydrogen (secondary N) is 3. The van der Waals surface area contributed by atoms with Crippen molar-refractivity contribution in [3.05, 3.63) is 35.8 Å². The molecule has 0 aromatic carbocycles. The van der Waals surface area contributed by atoms with Crippen molar-refractivity contribution in [1.29, 1.82) is 0 Å². The molecule has 0 fully saturated rings. The quantitative estimate of drug-likeness (QED) is 0.716. The zero-order chi connectivity index (χ0) is 12.8. The molecule has 0 unspecified atom stereocenters. The highest BCUT2D eigenvalue weighted by Gasteiger charge is 2.06. The molecule has 0 saturated heterocycles. The summed E-state index contributed by atoms with van der Waals surface area (Å²) < 4.78 is 0. The van der Waals surface area contributed by atoms with E-state index in [1.807, 2.05) is 6.92 Å². The molecule has 0 radical (unpaired) electrons. The van der Waals surface area contributed by atoms with Crippen LogP contribution in [0.1, 0.15) is 23.0 Å². The number of rotatable bonds is 5. The van der Waals surface area contributed by atoms with Gasteiger partial charge in [-0.3, -0.25) is 9.89 Å². The molecule has 0 aliphatic rings. The Morgan fingerprint density at radius 1 is 1.39 bits per heavy atom. The fourth-order valence-corrected chi connectivity index (χ4v) is 1.37. The van der Waals surface area contributed by atoms with Gasteiger partial charge in [0, 0.05) is 24.8 Å². The second-order valence-electron chi connectivity index (χ2n) is 3.62. The normalized spacial score (nSPS) is 10.1. The lowest BCUT2D eigenvalue weighted by Gasteiger charge is -2.04. The molecule has 0 atom stereocenters. The van der Waals surface area contributed by atoms with Crippen molar-refractivity contribution in [1.82, 2.24) is 25.7 Å². The van der Waals surface area contributed by atoms with Crippen LogP contribution in [0.15, 0.2) is 24.5 Å². The van der Waals surface area contributed by atoms with Crippen molar-refractivity contribution in [2.24, 2.45) is 0 Å². The Balaban J connectivity index is 1.93. The number of aromatic amines is 1. The Bertz CT molecular complexity index is 493. The summed E-state index contributed by atoms with van der Waals surface area (Å²) in [5.41, 5.74) is 1.33. The van der Waals surface area contributed by atoms with Gasteiger partial charge in [0.15, 0.2) is 5.69 Å². The summed E-state index contributed by atoms with van der Waals surface area (Å²) in [6.07, 6.45) is 3.52. The van der Waals surface area contributed by atoms with Gasteiger partial charge in [-0.25, -0.2) is 0 Å². The molecule has 2 heterocycles. The van der Waals surface area contributed by atoms with Crippen LogP contribution < -0.4 is 10.6 Å². The van der Waals surface area contributed by atoms with Crippen molar-refractivity contribution in [2.45, 2.75) is 13.5 Å². The summed E-state index contributed by atoms with van der Waals surface area (Å²) in [5, 5.41) is 20.1. The van der Waals surface area contributed by atoms with E-state index in [-0.39, 0.29) is 5.91 Å². The lowest BCUT2D eigenvalue weighted by molar-refractivity contribution is 0.0950. The molecule has 7 heteroatoms. The number of H-pyrrole nitrogens is 1. The number of carbonyl (C=O) groups excluding carboxylic acids is 1. The highest BCUT2D eigenvalue weighted by molar-refractivity contribution is 5.92. The molecule has 0 aliphatic carbocycles. The number of aromatic nitrogens is 4. The fourth-order valence-electron chi connectivity index (χ4n) is 1.37. The van der Waals surface area contributed by atoms with E-state index in [1.165, 1.54) is 0 Å². The van der Waals surface area contributed by atoms with Gasteiger partial charge in [-0.2, -0.15) is 5.10 Å². The van der Waals surface area contributed by atoms with E-state index in [0.717, 1.165) is 5.56 Å². The first-order valence-corrected chi connectivity index (χ1v) is 5.63. The Morgan fingerprint density at radius 3 is 2.89 bits per heavy atom. The van der Waals surface area contributed by atoms with Gasteiger partial charge in [0.1, 0.15) is 5.82 Å². The topological polar surface area (TPSA) is 95.6 Å². The largest absolute Gasteiger partial charge is 0.364 e. The van der Waals surface area contributed by atoms with Gasteiger partial charge in [0.25, 0.3) is 5.91 Å². The van der Waals surface area contributed by atoms with E-state index >= 15 is 0 Å². The maximum Gasteiger partial charge on any atom is 0.271 e. The van der Waals surface area contributed by atoms with E-state index in [9.17, 15) is 4.79 Å². The molecule has 0 bridgehead atoms. The third-order valence-electron chi connectivity index (χ3n) is 2.26. The minimum atomic E-state index is -0.216. The van der Waals surface area contributed by atoms with Crippen molar-refractivity contribution in [3.8, 4) is 0 Å². The third kappa shape index (κ3) is 3.03. The van der Waals surface area contributed by atoms with Gasteiger partial charge in [0.05, 0.1) is 6.20 Å². The molecule has 0 aliphatic heterocycles. The molecule has 7 nitrogen and oxygen atoms in total. The molecule has 2 rings (SSSR count). The van der Waals surface area contributed by atoms with E-state index in [0.29, 0.717) is 24.6 Å². The highest BCUT2D eigenvalue weighted by Crippen LogP contribution is 2.04. The summed E-state index contributed by atoms with van der Waals surface area (Å²) in [5.74, 6) is 0.399. The van der Waals surface area contributed by atoms with Crippen LogP contribution in [0.2, 0.25) is 0 Å².